The quantitative estimate of drug-likeness (QED) is 0.161. The predicted octanol–water partition coefficient (Wildman–Crippen LogP) is -2.36. The van der Waals surface area contributed by atoms with Gasteiger partial charge in [-0.3, -0.25) is 9.35 Å². The van der Waals surface area contributed by atoms with E-state index in [9.17, 15) is 27.4 Å². The molecule has 2 unspecified atom stereocenters. The Morgan fingerprint density at radius 2 is 2.25 bits per heavy atom. The summed E-state index contributed by atoms with van der Waals surface area (Å²) in [5, 5.41) is 16.2. The number of hydrogen-bond donors (Lipinski definition) is 4. The van der Waals surface area contributed by atoms with Gasteiger partial charge in [0.25, 0.3) is 5.91 Å². The number of rotatable bonds is 9. The average molecular weight is 492 g/mol. The first kappa shape index (κ1) is 22.1. The van der Waals surface area contributed by atoms with Crippen molar-refractivity contribution in [3.8, 4) is 0 Å². The molecule has 18 heteroatoms. The van der Waals surface area contributed by atoms with Crippen LogP contribution in [0.15, 0.2) is 10.5 Å². The van der Waals surface area contributed by atoms with Gasteiger partial charge in [0.05, 0.1) is 13.1 Å². The lowest BCUT2D eigenvalue weighted by atomic mass is 9.84. The monoisotopic (exact) mass is 492 g/mol. The molecule has 0 aromatic carbocycles. The normalized spacial score (nSPS) is 27.3. The van der Waals surface area contributed by atoms with E-state index >= 15 is 0 Å². The van der Waals surface area contributed by atoms with Gasteiger partial charge in [0.15, 0.2) is 22.8 Å². The molecule has 0 spiro atoms. The van der Waals surface area contributed by atoms with E-state index in [0.29, 0.717) is 4.31 Å². The zero-order valence-electron chi connectivity index (χ0n) is 15.9. The summed E-state index contributed by atoms with van der Waals surface area (Å²) in [7, 11) is -4.71. The number of carbonyl (C=O) groups is 3. The second kappa shape index (κ2) is 7.81. The summed E-state index contributed by atoms with van der Waals surface area (Å²) >= 11 is 0.993. The summed E-state index contributed by atoms with van der Waals surface area (Å²) in [6.45, 7) is -0.908. The van der Waals surface area contributed by atoms with Gasteiger partial charge >= 0.3 is 22.4 Å². The number of carboxylic acids is 1. The molecule has 5 N–H and O–H groups in total. The standard InChI is InChI=1S/C14H16N6O10S2/c15-12-16-6(4-31-12)8(18-29-3-7(21)22)10(23)17-9-11-20(32(25,26)27)14(9,30-11)5-19-1-2-28-13(19)24/h4,9,11H,1-3,5H2,(H2,15,16)(H,17,23)(H,21,22)(H,25,26,27)/b18-8-/t9-,11?,14?/m0/s1. The lowest BCUT2D eigenvalue weighted by molar-refractivity contribution is -0.444. The molecule has 4 fully saturated rings. The molecule has 2 amide bonds. The zero-order valence-corrected chi connectivity index (χ0v) is 17.5. The molecule has 1 aromatic heterocycles. The maximum Gasteiger partial charge on any atom is 0.410 e. The topological polar surface area (TPSA) is 223 Å². The Morgan fingerprint density at radius 1 is 1.50 bits per heavy atom. The molecule has 4 aliphatic heterocycles. The van der Waals surface area contributed by atoms with Crippen LogP contribution in [0.25, 0.3) is 0 Å². The number of cyclic esters (lactones) is 1. The van der Waals surface area contributed by atoms with Crippen molar-refractivity contribution in [3.63, 3.8) is 0 Å². The van der Waals surface area contributed by atoms with Crippen LogP contribution in [0.1, 0.15) is 5.69 Å². The molecule has 32 heavy (non-hydrogen) atoms. The van der Waals surface area contributed by atoms with Gasteiger partial charge in [-0.1, -0.05) is 5.16 Å². The molecule has 4 saturated heterocycles. The van der Waals surface area contributed by atoms with E-state index in [2.05, 4.69) is 20.3 Å². The van der Waals surface area contributed by atoms with Gasteiger partial charge in [-0.25, -0.2) is 14.6 Å². The molecule has 3 atom stereocenters. The number of nitrogen functional groups attached to an aromatic ring is 1. The molecule has 0 saturated carbocycles. The number of aromatic nitrogens is 1. The van der Waals surface area contributed by atoms with Crippen molar-refractivity contribution in [1.29, 1.82) is 0 Å². The van der Waals surface area contributed by atoms with Gasteiger partial charge < -0.3 is 35.4 Å². The summed E-state index contributed by atoms with van der Waals surface area (Å²) < 4.78 is 43.8. The van der Waals surface area contributed by atoms with Crippen molar-refractivity contribution in [2.75, 3.05) is 32.0 Å². The molecule has 4 aliphatic rings. The highest BCUT2D eigenvalue weighted by Crippen LogP contribution is 2.54. The minimum Gasteiger partial charge on any atom is -0.479 e. The fourth-order valence-corrected chi connectivity index (χ4v) is 5.06. The third kappa shape index (κ3) is 3.71. The average Bonchev–Trinajstić information content (AvgIpc) is 3.26. The SMILES string of the molecule is Nc1nc(/C(=N/OCC(=O)O)C(=O)N[C@H]2C3OC2(CN2CCOC2=O)N3S(=O)(=O)O)cs1. The van der Waals surface area contributed by atoms with Crippen LogP contribution in [-0.2, 0) is 34.2 Å². The van der Waals surface area contributed by atoms with E-state index in [0.717, 1.165) is 11.3 Å². The highest BCUT2D eigenvalue weighted by molar-refractivity contribution is 7.83. The van der Waals surface area contributed by atoms with Crippen LogP contribution in [0.5, 0.6) is 0 Å². The number of nitrogens with zero attached hydrogens (tertiary/aromatic N) is 4. The number of carboxylic acid groups (broad SMARTS) is 1. The molecular formula is C14H16N6O10S2. The van der Waals surface area contributed by atoms with Crippen molar-refractivity contribution >= 4 is 50.5 Å². The van der Waals surface area contributed by atoms with Gasteiger partial charge in [-0.05, 0) is 0 Å². The first-order valence-corrected chi connectivity index (χ1v) is 11.1. The van der Waals surface area contributed by atoms with Gasteiger partial charge in [0.1, 0.15) is 18.3 Å². The minimum absolute atomic E-state index is 0.00638. The number of carbonyl (C=O) groups excluding carboxylic acids is 2. The van der Waals surface area contributed by atoms with Gasteiger partial charge in [0, 0.05) is 5.38 Å². The van der Waals surface area contributed by atoms with Crippen molar-refractivity contribution in [1.82, 2.24) is 19.5 Å². The third-order valence-electron chi connectivity index (χ3n) is 4.82. The lowest BCUT2D eigenvalue weighted by Crippen LogP contribution is -2.96. The smallest absolute Gasteiger partial charge is 0.410 e. The number of aliphatic carboxylic acids is 1. The van der Waals surface area contributed by atoms with Crippen molar-refractivity contribution < 1.29 is 46.8 Å². The number of oxime groups is 1. The second-order valence-electron chi connectivity index (χ2n) is 6.79. The molecular weight excluding hydrogens is 476 g/mol. The Kier molecular flexibility index (Phi) is 5.41. The van der Waals surface area contributed by atoms with Crippen LogP contribution < -0.4 is 11.1 Å². The van der Waals surface area contributed by atoms with Gasteiger partial charge in [0.2, 0.25) is 6.61 Å². The Morgan fingerprint density at radius 3 is 2.78 bits per heavy atom. The first-order valence-electron chi connectivity index (χ1n) is 8.83. The van der Waals surface area contributed by atoms with Crippen molar-refractivity contribution in [2.45, 2.75) is 18.0 Å². The molecule has 0 aliphatic carbocycles. The summed E-state index contributed by atoms with van der Waals surface area (Å²) in [6, 6.07) is -0.981. The van der Waals surface area contributed by atoms with Gasteiger partial charge in [-0.15, -0.1) is 15.6 Å². The fraction of sp³-hybridized carbons (Fsp3) is 0.500. The fourth-order valence-electron chi connectivity index (χ4n) is 3.48. The van der Waals surface area contributed by atoms with Crippen LogP contribution in [0.2, 0.25) is 0 Å². The van der Waals surface area contributed by atoms with Crippen LogP contribution in [0.3, 0.4) is 0 Å². The molecule has 2 bridgehead atoms. The number of nitrogens with one attached hydrogen (secondary N) is 1. The second-order valence-corrected chi connectivity index (χ2v) is 8.97. The Labute approximate surface area is 183 Å². The van der Waals surface area contributed by atoms with Crippen LogP contribution in [-0.4, -0.2) is 100 Å². The summed E-state index contributed by atoms with van der Waals surface area (Å²) in [4.78, 5) is 45.0. The first-order chi connectivity index (χ1) is 15.0. The van der Waals surface area contributed by atoms with E-state index in [-0.39, 0.29) is 30.5 Å². The van der Waals surface area contributed by atoms with Crippen LogP contribution in [0, 0.1) is 0 Å². The molecule has 1 aromatic rings. The van der Waals surface area contributed by atoms with Crippen molar-refractivity contribution in [3.05, 3.63) is 11.1 Å². The Hall–Kier alpha value is -3.06. The number of anilines is 1. The largest absolute Gasteiger partial charge is 0.479 e. The molecule has 0 radical (unpaired) electrons. The Bertz CT molecular complexity index is 1110. The number of nitrogens with two attached hydrogens (primary N) is 1. The van der Waals surface area contributed by atoms with E-state index in [4.69, 9.17) is 20.3 Å². The van der Waals surface area contributed by atoms with Crippen molar-refractivity contribution in [2.24, 2.45) is 5.16 Å². The molecule has 174 valence electrons. The van der Waals surface area contributed by atoms with E-state index < -0.39 is 58.6 Å². The predicted molar refractivity (Wildman–Crippen MR) is 102 cm³/mol. The van der Waals surface area contributed by atoms with Gasteiger partial charge in [-0.2, -0.15) is 8.42 Å². The van der Waals surface area contributed by atoms with E-state index in [1.54, 1.807) is 0 Å². The molecule has 16 nitrogen and oxygen atoms in total. The summed E-state index contributed by atoms with van der Waals surface area (Å²) in [5.41, 5.74) is 3.39. The zero-order chi connectivity index (χ0) is 23.3. The lowest BCUT2D eigenvalue weighted by Gasteiger charge is -2.71. The minimum atomic E-state index is -4.71. The molecule has 5 rings (SSSR count). The maximum absolute atomic E-state index is 12.9. The number of hydrogen-bond acceptors (Lipinski definition) is 12. The number of thiazole rings is 1. The summed E-state index contributed by atoms with van der Waals surface area (Å²) in [5.74, 6) is -2.23. The highest BCUT2D eigenvalue weighted by Gasteiger charge is 2.80. The third-order valence-corrected chi connectivity index (χ3v) is 6.51. The number of ether oxygens (including phenoxy) is 2. The van der Waals surface area contributed by atoms with Crippen LogP contribution in [0.4, 0.5) is 9.93 Å². The molecule has 5 heterocycles. The summed E-state index contributed by atoms with van der Waals surface area (Å²) in [6.07, 6.45) is -1.93. The van der Waals surface area contributed by atoms with Crippen LogP contribution >= 0.6 is 11.3 Å². The number of amides is 2. The van der Waals surface area contributed by atoms with E-state index in [1.807, 2.05) is 0 Å². The maximum atomic E-state index is 12.9. The van der Waals surface area contributed by atoms with E-state index in [1.165, 1.54) is 10.3 Å². The highest BCUT2D eigenvalue weighted by atomic mass is 32.2. The Balaban J connectivity index is 1.55.